The van der Waals surface area contributed by atoms with Crippen LogP contribution in [0.25, 0.3) is 0 Å². The molecule has 1 aromatic rings. The van der Waals surface area contributed by atoms with Crippen molar-refractivity contribution < 1.29 is 27.9 Å². The Bertz CT molecular complexity index is 912. The Balaban J connectivity index is 1.44. The highest BCUT2D eigenvalue weighted by Crippen LogP contribution is 2.70. The van der Waals surface area contributed by atoms with Crippen LogP contribution in [0.5, 0.6) is 0 Å². The second-order valence-electron chi connectivity index (χ2n) is 9.55. The Kier molecular flexibility index (Phi) is 4.98. The number of imide groups is 1. The number of piperidine rings is 2. The molecule has 3 aliphatic rings. The first-order valence-electron chi connectivity index (χ1n) is 10.5. The van der Waals surface area contributed by atoms with Crippen LogP contribution in [-0.2, 0) is 19.7 Å². The number of fused-ring (bicyclic) bond motifs is 1. The normalized spacial score (nSPS) is 29.6. The molecule has 0 bridgehead atoms. The van der Waals surface area contributed by atoms with Gasteiger partial charge in [0.15, 0.2) is 0 Å². The van der Waals surface area contributed by atoms with Crippen molar-refractivity contribution in [1.82, 2.24) is 10.2 Å². The summed E-state index contributed by atoms with van der Waals surface area (Å²) >= 11 is 0. The van der Waals surface area contributed by atoms with E-state index in [4.69, 9.17) is 4.74 Å². The number of carbonyl (C=O) groups is 3. The van der Waals surface area contributed by atoms with Crippen LogP contribution in [0, 0.1) is 5.92 Å². The molecule has 31 heavy (non-hydrogen) atoms. The van der Waals surface area contributed by atoms with Gasteiger partial charge in [-0.3, -0.25) is 14.9 Å². The number of ether oxygens (including phenoxy) is 1. The minimum absolute atomic E-state index is 0.0435. The highest BCUT2D eigenvalue weighted by molar-refractivity contribution is 6.01. The van der Waals surface area contributed by atoms with Crippen molar-refractivity contribution in [2.24, 2.45) is 5.92 Å². The van der Waals surface area contributed by atoms with Crippen molar-refractivity contribution in [3.05, 3.63) is 29.8 Å². The molecular weight excluding hydrogens is 408 g/mol. The van der Waals surface area contributed by atoms with Crippen LogP contribution in [0.2, 0.25) is 0 Å². The van der Waals surface area contributed by atoms with Crippen molar-refractivity contribution >= 4 is 23.6 Å². The summed E-state index contributed by atoms with van der Waals surface area (Å²) in [7, 11) is 0. The average molecular weight is 435 g/mol. The zero-order valence-corrected chi connectivity index (χ0v) is 17.8. The number of anilines is 1. The van der Waals surface area contributed by atoms with Crippen molar-refractivity contribution in [2.45, 2.75) is 63.0 Å². The number of benzene rings is 1. The summed E-state index contributed by atoms with van der Waals surface area (Å²) < 4.78 is 35.1. The van der Waals surface area contributed by atoms with E-state index in [9.17, 15) is 23.2 Å². The summed E-state index contributed by atoms with van der Waals surface area (Å²) in [5, 5.41) is 5.33. The Morgan fingerprint density at radius 1 is 1.23 bits per heavy atom. The first-order chi connectivity index (χ1) is 14.4. The smallest absolute Gasteiger partial charge is 0.410 e. The minimum Gasteiger partial charge on any atom is -0.444 e. The molecule has 168 valence electrons. The van der Waals surface area contributed by atoms with E-state index in [1.807, 2.05) is 0 Å². The number of alkyl halides is 2. The van der Waals surface area contributed by atoms with Crippen LogP contribution in [0.3, 0.4) is 0 Å². The predicted molar refractivity (Wildman–Crippen MR) is 109 cm³/mol. The fraction of sp³-hybridized carbons (Fsp3) is 0.591. The van der Waals surface area contributed by atoms with Gasteiger partial charge >= 0.3 is 6.09 Å². The number of likely N-dealkylation sites (tertiary alicyclic amines) is 1. The summed E-state index contributed by atoms with van der Waals surface area (Å²) in [5.74, 6) is -4.53. The Labute approximate surface area is 179 Å². The van der Waals surface area contributed by atoms with Crippen molar-refractivity contribution in [3.8, 4) is 0 Å². The molecule has 2 saturated heterocycles. The maximum absolute atomic E-state index is 14.9. The van der Waals surface area contributed by atoms with Crippen LogP contribution in [0.4, 0.5) is 19.3 Å². The van der Waals surface area contributed by atoms with E-state index in [2.05, 4.69) is 10.6 Å². The summed E-state index contributed by atoms with van der Waals surface area (Å²) in [6, 6.07) is 6.14. The van der Waals surface area contributed by atoms with Gasteiger partial charge < -0.3 is 15.0 Å². The molecule has 2 N–H and O–H groups in total. The van der Waals surface area contributed by atoms with E-state index in [0.717, 1.165) is 0 Å². The molecule has 1 saturated carbocycles. The average Bonchev–Trinajstić information content (AvgIpc) is 3.19. The second-order valence-corrected chi connectivity index (χ2v) is 9.55. The van der Waals surface area contributed by atoms with Gasteiger partial charge in [-0.05, 0) is 51.3 Å². The van der Waals surface area contributed by atoms with Gasteiger partial charge in [0, 0.05) is 25.2 Å². The number of nitrogens with zero attached hydrogens (tertiary/aromatic N) is 1. The lowest BCUT2D eigenvalue weighted by Crippen LogP contribution is -2.47. The topological polar surface area (TPSA) is 87.7 Å². The number of amides is 3. The number of halogens is 2. The fourth-order valence-corrected chi connectivity index (χ4v) is 4.69. The highest BCUT2D eigenvalue weighted by atomic mass is 19.3. The van der Waals surface area contributed by atoms with E-state index in [1.165, 1.54) is 4.90 Å². The molecule has 3 amide bonds. The molecule has 3 fully saturated rings. The molecule has 0 radical (unpaired) electrons. The molecule has 9 heteroatoms. The largest absolute Gasteiger partial charge is 0.444 e. The maximum Gasteiger partial charge on any atom is 0.410 e. The third-order valence-electron chi connectivity index (χ3n) is 6.35. The van der Waals surface area contributed by atoms with Crippen LogP contribution in [0.1, 0.15) is 45.6 Å². The van der Waals surface area contributed by atoms with Crippen molar-refractivity contribution in [1.29, 1.82) is 0 Å². The van der Waals surface area contributed by atoms with Crippen LogP contribution < -0.4 is 10.6 Å². The molecule has 3 unspecified atom stereocenters. The molecule has 0 spiro atoms. The summed E-state index contributed by atoms with van der Waals surface area (Å²) in [6.45, 7) is 5.40. The first kappa shape index (κ1) is 21.5. The number of carbonyl (C=O) groups excluding carboxylic acids is 3. The van der Waals surface area contributed by atoms with E-state index >= 15 is 0 Å². The van der Waals surface area contributed by atoms with Crippen LogP contribution >= 0.6 is 0 Å². The Hall–Kier alpha value is -2.71. The molecule has 1 aromatic carbocycles. The monoisotopic (exact) mass is 435 g/mol. The van der Waals surface area contributed by atoms with Gasteiger partial charge in [0.2, 0.25) is 11.8 Å². The molecule has 0 aromatic heterocycles. The Morgan fingerprint density at radius 3 is 2.48 bits per heavy atom. The predicted octanol–water partition coefficient (Wildman–Crippen LogP) is 3.05. The third-order valence-corrected chi connectivity index (χ3v) is 6.35. The Morgan fingerprint density at radius 2 is 1.90 bits per heavy atom. The molecule has 2 aliphatic heterocycles. The van der Waals surface area contributed by atoms with Gasteiger partial charge in [-0.2, -0.15) is 0 Å². The standard InChI is InChI=1S/C22H27F2N3O4/c1-20(2,3)31-19(30)27-11-10-21(16(12-27)22(21,23)24)13-4-6-14(7-5-13)25-15-8-9-17(28)26-18(15)29/h4-7,15-16,25H,8-12H2,1-3H3,(H,26,28,29). The fourth-order valence-electron chi connectivity index (χ4n) is 4.69. The minimum atomic E-state index is -2.90. The lowest BCUT2D eigenvalue weighted by molar-refractivity contribution is -0.133. The van der Waals surface area contributed by atoms with E-state index < -0.39 is 35.0 Å². The SMILES string of the molecule is CC(C)(C)OC(=O)N1CCC2(c3ccc(NC4CCC(=O)NC4=O)cc3)C(C1)C2(F)F. The first-order valence-corrected chi connectivity index (χ1v) is 10.5. The van der Waals surface area contributed by atoms with Crippen LogP contribution in [0.15, 0.2) is 24.3 Å². The van der Waals surface area contributed by atoms with Crippen molar-refractivity contribution in [2.75, 3.05) is 18.4 Å². The summed E-state index contributed by atoms with van der Waals surface area (Å²) in [5.41, 5.74) is -0.802. The zero-order chi connectivity index (χ0) is 22.6. The van der Waals surface area contributed by atoms with Gasteiger partial charge in [0.25, 0.3) is 5.92 Å². The summed E-state index contributed by atoms with van der Waals surface area (Å²) in [6.07, 6.45) is 0.237. The molecule has 2 heterocycles. The number of hydrogen-bond donors (Lipinski definition) is 2. The highest BCUT2D eigenvalue weighted by Gasteiger charge is 2.82. The zero-order valence-electron chi connectivity index (χ0n) is 17.8. The number of nitrogens with one attached hydrogen (secondary N) is 2. The summed E-state index contributed by atoms with van der Waals surface area (Å²) in [4.78, 5) is 36.8. The second kappa shape index (κ2) is 7.17. The van der Waals surface area contributed by atoms with E-state index in [-0.39, 0.29) is 37.7 Å². The number of rotatable bonds is 3. The van der Waals surface area contributed by atoms with E-state index in [0.29, 0.717) is 17.7 Å². The van der Waals surface area contributed by atoms with Gasteiger partial charge in [-0.1, -0.05) is 12.1 Å². The maximum atomic E-state index is 14.9. The van der Waals surface area contributed by atoms with Gasteiger partial charge in [0.05, 0.1) is 11.3 Å². The van der Waals surface area contributed by atoms with Gasteiger partial charge in [-0.25, -0.2) is 13.6 Å². The lowest BCUT2D eigenvalue weighted by Gasteiger charge is -2.32. The van der Waals surface area contributed by atoms with Crippen LogP contribution in [-0.4, -0.2) is 53.5 Å². The third kappa shape index (κ3) is 3.74. The van der Waals surface area contributed by atoms with Crippen molar-refractivity contribution in [3.63, 3.8) is 0 Å². The molecular formula is C22H27F2N3O4. The molecule has 7 nitrogen and oxygen atoms in total. The van der Waals surface area contributed by atoms with E-state index in [1.54, 1.807) is 45.0 Å². The molecule has 4 rings (SSSR count). The number of hydrogen-bond acceptors (Lipinski definition) is 5. The van der Waals surface area contributed by atoms with Gasteiger partial charge in [0.1, 0.15) is 11.6 Å². The lowest BCUT2D eigenvalue weighted by atomic mass is 9.87. The quantitative estimate of drug-likeness (QED) is 0.713. The molecule has 1 aliphatic carbocycles. The van der Waals surface area contributed by atoms with Gasteiger partial charge in [-0.15, -0.1) is 0 Å². The molecule has 3 atom stereocenters.